The SMILES string of the molecule is O=C(O)N1CCc2cc(OCc3ccccc3)ccc21. The Balaban J connectivity index is 1.72. The van der Waals surface area contributed by atoms with Crippen LogP contribution in [0.1, 0.15) is 11.1 Å². The Bertz CT molecular complexity index is 625. The molecule has 0 bridgehead atoms. The predicted octanol–water partition coefficient (Wildman–Crippen LogP) is 3.31. The Morgan fingerprint density at radius 2 is 2.00 bits per heavy atom. The van der Waals surface area contributed by atoms with Gasteiger partial charge in [0.1, 0.15) is 12.4 Å². The van der Waals surface area contributed by atoms with Gasteiger partial charge in [-0.25, -0.2) is 4.79 Å². The maximum Gasteiger partial charge on any atom is 0.411 e. The minimum Gasteiger partial charge on any atom is -0.489 e. The summed E-state index contributed by atoms with van der Waals surface area (Å²) in [5.74, 6) is 0.778. The van der Waals surface area contributed by atoms with E-state index in [4.69, 9.17) is 9.84 Å². The second-order valence-electron chi connectivity index (χ2n) is 4.75. The molecule has 20 heavy (non-hydrogen) atoms. The molecular formula is C16H15NO3. The fourth-order valence-electron chi connectivity index (χ4n) is 2.41. The first-order valence-electron chi connectivity index (χ1n) is 6.54. The summed E-state index contributed by atoms with van der Waals surface area (Å²) in [6.07, 6.45) is -0.161. The minimum absolute atomic E-state index is 0.516. The maximum atomic E-state index is 11.1. The molecule has 0 atom stereocenters. The van der Waals surface area contributed by atoms with Crippen LogP contribution in [0.4, 0.5) is 10.5 Å². The first-order chi connectivity index (χ1) is 9.74. The summed E-state index contributed by atoms with van der Waals surface area (Å²) in [5, 5.41) is 9.08. The zero-order chi connectivity index (χ0) is 13.9. The van der Waals surface area contributed by atoms with Crippen LogP contribution in [0.3, 0.4) is 0 Å². The van der Waals surface area contributed by atoms with Crippen LogP contribution in [-0.4, -0.2) is 17.7 Å². The molecule has 2 aromatic rings. The van der Waals surface area contributed by atoms with E-state index in [-0.39, 0.29) is 0 Å². The molecule has 0 unspecified atom stereocenters. The molecule has 0 saturated carbocycles. The van der Waals surface area contributed by atoms with Crippen LogP contribution in [0.5, 0.6) is 5.75 Å². The van der Waals surface area contributed by atoms with Crippen molar-refractivity contribution in [1.29, 1.82) is 0 Å². The Labute approximate surface area is 117 Å². The Morgan fingerprint density at radius 3 is 2.75 bits per heavy atom. The summed E-state index contributed by atoms with van der Waals surface area (Å²) in [7, 11) is 0. The van der Waals surface area contributed by atoms with Gasteiger partial charge in [0.25, 0.3) is 0 Å². The van der Waals surface area contributed by atoms with Crippen LogP contribution in [0, 0.1) is 0 Å². The van der Waals surface area contributed by atoms with Gasteiger partial charge < -0.3 is 9.84 Å². The van der Waals surface area contributed by atoms with Crippen molar-refractivity contribution >= 4 is 11.8 Å². The molecule has 2 aromatic carbocycles. The molecule has 1 aliphatic rings. The van der Waals surface area contributed by atoms with Crippen LogP contribution in [-0.2, 0) is 13.0 Å². The van der Waals surface area contributed by atoms with Crippen LogP contribution < -0.4 is 9.64 Å². The van der Waals surface area contributed by atoms with E-state index >= 15 is 0 Å². The van der Waals surface area contributed by atoms with E-state index in [0.717, 1.165) is 29.0 Å². The van der Waals surface area contributed by atoms with E-state index in [9.17, 15) is 4.79 Å². The molecule has 0 aliphatic carbocycles. The molecule has 102 valence electrons. The molecule has 0 radical (unpaired) electrons. The van der Waals surface area contributed by atoms with Crippen molar-refractivity contribution in [3.63, 3.8) is 0 Å². The van der Waals surface area contributed by atoms with Crippen LogP contribution in [0.25, 0.3) is 0 Å². The summed E-state index contributed by atoms with van der Waals surface area (Å²) >= 11 is 0. The van der Waals surface area contributed by atoms with E-state index < -0.39 is 6.09 Å². The molecule has 4 nitrogen and oxygen atoms in total. The average Bonchev–Trinajstić information content (AvgIpc) is 2.89. The molecular weight excluding hydrogens is 254 g/mol. The summed E-state index contributed by atoms with van der Waals surface area (Å²) < 4.78 is 5.75. The lowest BCUT2D eigenvalue weighted by Gasteiger charge is -2.13. The predicted molar refractivity (Wildman–Crippen MR) is 76.3 cm³/mol. The third kappa shape index (κ3) is 2.45. The van der Waals surface area contributed by atoms with Crippen LogP contribution >= 0.6 is 0 Å². The highest BCUT2D eigenvalue weighted by atomic mass is 16.5. The third-order valence-corrected chi connectivity index (χ3v) is 3.43. The average molecular weight is 269 g/mol. The number of ether oxygens (including phenoxy) is 1. The van der Waals surface area contributed by atoms with Crippen LogP contribution in [0.2, 0.25) is 0 Å². The second-order valence-corrected chi connectivity index (χ2v) is 4.75. The van der Waals surface area contributed by atoms with Crippen molar-refractivity contribution in [2.75, 3.05) is 11.4 Å². The first-order valence-corrected chi connectivity index (χ1v) is 6.54. The zero-order valence-electron chi connectivity index (χ0n) is 11.0. The van der Waals surface area contributed by atoms with Gasteiger partial charge in [0.2, 0.25) is 0 Å². The number of rotatable bonds is 3. The van der Waals surface area contributed by atoms with Crippen LogP contribution in [0.15, 0.2) is 48.5 Å². The van der Waals surface area contributed by atoms with Crippen molar-refractivity contribution in [3.05, 3.63) is 59.7 Å². The lowest BCUT2D eigenvalue weighted by molar-refractivity contribution is 0.202. The van der Waals surface area contributed by atoms with Crippen molar-refractivity contribution in [2.24, 2.45) is 0 Å². The number of carbonyl (C=O) groups is 1. The van der Waals surface area contributed by atoms with Gasteiger partial charge in [0, 0.05) is 6.54 Å². The summed E-state index contributed by atoms with van der Waals surface area (Å²) in [6, 6.07) is 15.5. The van der Waals surface area contributed by atoms with Gasteiger partial charge in [0.15, 0.2) is 0 Å². The lowest BCUT2D eigenvalue weighted by Crippen LogP contribution is -2.26. The molecule has 1 amide bonds. The number of hydrogen-bond donors (Lipinski definition) is 1. The van der Waals surface area contributed by atoms with Gasteiger partial charge in [-0.15, -0.1) is 0 Å². The highest BCUT2D eigenvalue weighted by Gasteiger charge is 2.24. The fraction of sp³-hybridized carbons (Fsp3) is 0.188. The number of hydrogen-bond acceptors (Lipinski definition) is 2. The summed E-state index contributed by atoms with van der Waals surface area (Å²) in [5.41, 5.74) is 2.91. The standard InChI is InChI=1S/C16H15NO3/c18-16(19)17-9-8-13-10-14(6-7-15(13)17)20-11-12-4-2-1-3-5-12/h1-7,10H,8-9,11H2,(H,18,19). The normalized spacial score (nSPS) is 13.1. The number of anilines is 1. The Morgan fingerprint density at radius 1 is 1.20 bits per heavy atom. The maximum absolute atomic E-state index is 11.1. The summed E-state index contributed by atoms with van der Waals surface area (Å²) in [6.45, 7) is 1.04. The molecule has 1 N–H and O–H groups in total. The van der Waals surface area contributed by atoms with E-state index in [1.165, 1.54) is 4.90 Å². The van der Waals surface area contributed by atoms with Gasteiger partial charge in [0.05, 0.1) is 5.69 Å². The fourth-order valence-corrected chi connectivity index (χ4v) is 2.41. The molecule has 1 heterocycles. The molecule has 0 saturated heterocycles. The molecule has 0 spiro atoms. The van der Waals surface area contributed by atoms with E-state index in [2.05, 4.69) is 0 Å². The highest BCUT2D eigenvalue weighted by molar-refractivity contribution is 5.89. The smallest absolute Gasteiger partial charge is 0.411 e. The van der Waals surface area contributed by atoms with Gasteiger partial charge >= 0.3 is 6.09 Å². The van der Waals surface area contributed by atoms with Gasteiger partial charge in [-0.2, -0.15) is 0 Å². The lowest BCUT2D eigenvalue weighted by atomic mass is 10.1. The topological polar surface area (TPSA) is 49.8 Å². The van der Waals surface area contributed by atoms with Crippen molar-refractivity contribution < 1.29 is 14.6 Å². The monoisotopic (exact) mass is 269 g/mol. The highest BCUT2D eigenvalue weighted by Crippen LogP contribution is 2.31. The Kier molecular flexibility index (Phi) is 3.29. The van der Waals surface area contributed by atoms with Crippen molar-refractivity contribution in [3.8, 4) is 5.75 Å². The largest absolute Gasteiger partial charge is 0.489 e. The van der Waals surface area contributed by atoms with Crippen molar-refractivity contribution in [1.82, 2.24) is 0 Å². The van der Waals surface area contributed by atoms with E-state index in [1.807, 2.05) is 48.5 Å². The minimum atomic E-state index is -0.901. The molecule has 0 fully saturated rings. The van der Waals surface area contributed by atoms with E-state index in [0.29, 0.717) is 13.2 Å². The Hall–Kier alpha value is -2.49. The number of carboxylic acid groups (broad SMARTS) is 1. The van der Waals surface area contributed by atoms with E-state index in [1.54, 1.807) is 0 Å². The summed E-state index contributed by atoms with van der Waals surface area (Å²) in [4.78, 5) is 12.4. The second kappa shape index (κ2) is 5.25. The van der Waals surface area contributed by atoms with Gasteiger partial charge in [-0.1, -0.05) is 30.3 Å². The molecule has 4 heteroatoms. The van der Waals surface area contributed by atoms with Crippen molar-refractivity contribution in [2.45, 2.75) is 13.0 Å². The molecule has 1 aliphatic heterocycles. The van der Waals surface area contributed by atoms with Gasteiger partial charge in [-0.05, 0) is 35.7 Å². The number of nitrogens with zero attached hydrogens (tertiary/aromatic N) is 1. The number of amides is 1. The first kappa shape index (κ1) is 12.5. The number of benzene rings is 2. The third-order valence-electron chi connectivity index (χ3n) is 3.43. The molecule has 0 aromatic heterocycles. The number of fused-ring (bicyclic) bond motifs is 1. The van der Waals surface area contributed by atoms with Gasteiger partial charge in [-0.3, -0.25) is 4.90 Å². The molecule has 3 rings (SSSR count). The quantitative estimate of drug-likeness (QED) is 0.930. The zero-order valence-corrected chi connectivity index (χ0v) is 11.0.